The molecule has 18 heavy (non-hydrogen) atoms. The Labute approximate surface area is 106 Å². The number of carbonyl (C=O) groups excluding carboxylic acids is 1. The first-order valence-electron chi connectivity index (χ1n) is 5.79. The van der Waals surface area contributed by atoms with Crippen molar-refractivity contribution in [3.63, 3.8) is 0 Å². The molecule has 1 aromatic rings. The van der Waals surface area contributed by atoms with Gasteiger partial charge in [-0.05, 0) is 26.0 Å². The zero-order valence-corrected chi connectivity index (χ0v) is 10.5. The molecule has 0 radical (unpaired) electrons. The van der Waals surface area contributed by atoms with E-state index >= 15 is 0 Å². The molecule has 0 spiro atoms. The van der Waals surface area contributed by atoms with E-state index in [0.29, 0.717) is 18.8 Å². The summed E-state index contributed by atoms with van der Waals surface area (Å²) in [6.07, 6.45) is 1.40. The number of hydrogen-bond donors (Lipinski definition) is 2. The van der Waals surface area contributed by atoms with E-state index in [9.17, 15) is 9.59 Å². The molecule has 6 heteroatoms. The number of anilines is 1. The maximum absolute atomic E-state index is 11.7. The molecule has 0 aliphatic heterocycles. The number of aromatic carboxylic acids is 1. The zero-order valence-electron chi connectivity index (χ0n) is 10.5. The molecule has 98 valence electrons. The molecule has 1 amide bonds. The molecular weight excluding hydrogens is 234 g/mol. The van der Waals surface area contributed by atoms with Gasteiger partial charge >= 0.3 is 5.97 Å². The molecule has 6 nitrogen and oxygen atoms in total. The van der Waals surface area contributed by atoms with E-state index in [1.165, 1.54) is 12.3 Å². The van der Waals surface area contributed by atoms with Crippen molar-refractivity contribution in [2.45, 2.75) is 13.8 Å². The van der Waals surface area contributed by atoms with E-state index in [1.807, 2.05) is 13.8 Å². The van der Waals surface area contributed by atoms with Crippen molar-refractivity contribution in [3.05, 3.63) is 24.0 Å². The molecule has 0 unspecified atom stereocenters. The molecule has 0 aromatic carbocycles. The van der Waals surface area contributed by atoms with Crippen LogP contribution in [0.3, 0.4) is 0 Å². The van der Waals surface area contributed by atoms with E-state index < -0.39 is 5.97 Å². The molecule has 0 aliphatic rings. The highest BCUT2D eigenvalue weighted by Gasteiger charge is 2.09. The summed E-state index contributed by atoms with van der Waals surface area (Å²) in [7, 11) is 0. The number of nitrogens with zero attached hydrogens (tertiary/aromatic N) is 2. The number of carbonyl (C=O) groups is 2. The van der Waals surface area contributed by atoms with Gasteiger partial charge in [0.2, 0.25) is 5.91 Å². The Hall–Kier alpha value is -2.11. The van der Waals surface area contributed by atoms with Gasteiger partial charge in [-0.3, -0.25) is 4.79 Å². The van der Waals surface area contributed by atoms with Crippen molar-refractivity contribution >= 4 is 17.6 Å². The molecule has 1 aromatic heterocycles. The Balaban J connectivity index is 2.53. The van der Waals surface area contributed by atoms with Gasteiger partial charge in [-0.25, -0.2) is 9.78 Å². The second kappa shape index (κ2) is 6.58. The maximum Gasteiger partial charge on any atom is 0.354 e. The summed E-state index contributed by atoms with van der Waals surface area (Å²) in [5.74, 6) is -1.07. The van der Waals surface area contributed by atoms with Gasteiger partial charge in [0, 0.05) is 13.1 Å². The minimum atomic E-state index is -1.07. The molecule has 0 atom stereocenters. The SMILES string of the molecule is CCN(CC)C(=O)CNc1ccc(C(=O)O)nc1. The lowest BCUT2D eigenvalue weighted by Gasteiger charge is -2.18. The largest absolute Gasteiger partial charge is 0.477 e. The van der Waals surface area contributed by atoms with E-state index in [1.54, 1.807) is 11.0 Å². The zero-order chi connectivity index (χ0) is 13.5. The average Bonchev–Trinajstić information content (AvgIpc) is 2.38. The fourth-order valence-electron chi connectivity index (χ4n) is 1.49. The van der Waals surface area contributed by atoms with E-state index in [-0.39, 0.29) is 18.1 Å². The van der Waals surface area contributed by atoms with Crippen molar-refractivity contribution in [2.75, 3.05) is 25.0 Å². The molecule has 1 heterocycles. The van der Waals surface area contributed by atoms with Gasteiger partial charge in [0.15, 0.2) is 0 Å². The minimum absolute atomic E-state index is 0.00214. The second-order valence-corrected chi connectivity index (χ2v) is 3.66. The van der Waals surface area contributed by atoms with Crippen LogP contribution in [-0.2, 0) is 4.79 Å². The Kier molecular flexibility index (Phi) is 5.10. The Bertz CT molecular complexity index is 413. The van der Waals surface area contributed by atoms with Gasteiger partial charge in [-0.1, -0.05) is 0 Å². The second-order valence-electron chi connectivity index (χ2n) is 3.66. The van der Waals surface area contributed by atoms with Crippen molar-refractivity contribution in [1.82, 2.24) is 9.88 Å². The van der Waals surface area contributed by atoms with Gasteiger partial charge in [0.05, 0.1) is 18.4 Å². The minimum Gasteiger partial charge on any atom is -0.477 e. The Morgan fingerprint density at radius 2 is 2.00 bits per heavy atom. The van der Waals surface area contributed by atoms with Crippen LogP contribution in [-0.4, -0.2) is 46.5 Å². The summed E-state index contributed by atoms with van der Waals surface area (Å²) in [5, 5.41) is 11.6. The molecular formula is C12H17N3O3. The van der Waals surface area contributed by atoms with E-state index in [2.05, 4.69) is 10.3 Å². The molecule has 0 fully saturated rings. The normalized spacial score (nSPS) is 9.89. The molecule has 0 saturated heterocycles. The van der Waals surface area contributed by atoms with Gasteiger partial charge in [0.1, 0.15) is 5.69 Å². The molecule has 0 bridgehead atoms. The summed E-state index contributed by atoms with van der Waals surface area (Å²) in [5.41, 5.74) is 0.608. The van der Waals surface area contributed by atoms with Crippen molar-refractivity contribution in [3.8, 4) is 0 Å². The lowest BCUT2D eigenvalue weighted by Crippen LogP contribution is -2.35. The lowest BCUT2D eigenvalue weighted by atomic mass is 10.3. The highest BCUT2D eigenvalue weighted by molar-refractivity contribution is 5.85. The number of hydrogen-bond acceptors (Lipinski definition) is 4. The van der Waals surface area contributed by atoms with Gasteiger partial charge < -0.3 is 15.3 Å². The average molecular weight is 251 g/mol. The van der Waals surface area contributed by atoms with Crippen LogP contribution in [0.5, 0.6) is 0 Å². The number of nitrogens with one attached hydrogen (secondary N) is 1. The highest BCUT2D eigenvalue weighted by atomic mass is 16.4. The van der Waals surface area contributed by atoms with Crippen LogP contribution < -0.4 is 5.32 Å². The van der Waals surface area contributed by atoms with Crippen LogP contribution in [0.4, 0.5) is 5.69 Å². The third-order valence-electron chi connectivity index (χ3n) is 2.54. The van der Waals surface area contributed by atoms with Crippen molar-refractivity contribution in [2.24, 2.45) is 0 Å². The number of amides is 1. The predicted octanol–water partition coefficient (Wildman–Crippen LogP) is 1.06. The summed E-state index contributed by atoms with van der Waals surface area (Å²) in [4.78, 5) is 27.8. The summed E-state index contributed by atoms with van der Waals surface area (Å²) in [6.45, 7) is 5.37. The summed E-state index contributed by atoms with van der Waals surface area (Å²) >= 11 is 0. The monoisotopic (exact) mass is 251 g/mol. The number of likely N-dealkylation sites (N-methyl/N-ethyl adjacent to an activating group) is 1. The highest BCUT2D eigenvalue weighted by Crippen LogP contribution is 2.06. The van der Waals surface area contributed by atoms with Gasteiger partial charge in [-0.15, -0.1) is 0 Å². The van der Waals surface area contributed by atoms with E-state index in [4.69, 9.17) is 5.11 Å². The Morgan fingerprint density at radius 3 is 2.44 bits per heavy atom. The topological polar surface area (TPSA) is 82.5 Å². The molecule has 2 N–H and O–H groups in total. The first-order valence-corrected chi connectivity index (χ1v) is 5.79. The van der Waals surface area contributed by atoms with Crippen molar-refractivity contribution in [1.29, 1.82) is 0 Å². The number of pyridine rings is 1. The molecule has 1 rings (SSSR count). The molecule has 0 aliphatic carbocycles. The van der Waals surface area contributed by atoms with Crippen LogP contribution in [0.25, 0.3) is 0 Å². The number of rotatable bonds is 6. The quantitative estimate of drug-likeness (QED) is 0.790. The van der Waals surface area contributed by atoms with Crippen LogP contribution >= 0.6 is 0 Å². The first kappa shape index (κ1) is 14.0. The van der Waals surface area contributed by atoms with Gasteiger partial charge in [0.25, 0.3) is 0 Å². The van der Waals surface area contributed by atoms with Crippen LogP contribution in [0.2, 0.25) is 0 Å². The summed E-state index contributed by atoms with van der Waals surface area (Å²) in [6, 6.07) is 2.98. The predicted molar refractivity (Wildman–Crippen MR) is 67.6 cm³/mol. The first-order chi connectivity index (χ1) is 8.58. The number of aromatic nitrogens is 1. The third-order valence-corrected chi connectivity index (χ3v) is 2.54. The fraction of sp³-hybridized carbons (Fsp3) is 0.417. The smallest absolute Gasteiger partial charge is 0.354 e. The standard InChI is InChI=1S/C12H17N3O3/c1-3-15(4-2)11(16)8-13-9-5-6-10(12(17)18)14-7-9/h5-7,13H,3-4,8H2,1-2H3,(H,17,18). The fourth-order valence-corrected chi connectivity index (χ4v) is 1.49. The lowest BCUT2D eigenvalue weighted by molar-refractivity contribution is -0.128. The van der Waals surface area contributed by atoms with Gasteiger partial charge in [-0.2, -0.15) is 0 Å². The third kappa shape index (κ3) is 3.73. The van der Waals surface area contributed by atoms with Crippen LogP contribution in [0, 0.1) is 0 Å². The van der Waals surface area contributed by atoms with Crippen LogP contribution in [0.15, 0.2) is 18.3 Å². The van der Waals surface area contributed by atoms with Crippen LogP contribution in [0.1, 0.15) is 24.3 Å². The molecule has 0 saturated carbocycles. The van der Waals surface area contributed by atoms with Crippen molar-refractivity contribution < 1.29 is 14.7 Å². The van der Waals surface area contributed by atoms with E-state index in [0.717, 1.165) is 0 Å². The summed E-state index contributed by atoms with van der Waals surface area (Å²) < 4.78 is 0. The number of carboxylic acid groups (broad SMARTS) is 1. The maximum atomic E-state index is 11.7. The Morgan fingerprint density at radius 1 is 1.33 bits per heavy atom. The number of carboxylic acids is 1.